The summed E-state index contributed by atoms with van der Waals surface area (Å²) in [6, 6.07) is 14.6. The van der Waals surface area contributed by atoms with Crippen molar-refractivity contribution in [1.29, 1.82) is 5.26 Å². The van der Waals surface area contributed by atoms with E-state index < -0.39 is 0 Å². The van der Waals surface area contributed by atoms with Crippen LogP contribution < -0.4 is 9.64 Å². The number of anilines is 1. The molecule has 112 valence electrons. The van der Waals surface area contributed by atoms with E-state index in [2.05, 4.69) is 28.1 Å². The van der Waals surface area contributed by atoms with Gasteiger partial charge in [-0.2, -0.15) is 5.26 Å². The van der Waals surface area contributed by atoms with Gasteiger partial charge in [-0.3, -0.25) is 0 Å². The Morgan fingerprint density at radius 1 is 1.27 bits per heavy atom. The zero-order valence-corrected chi connectivity index (χ0v) is 12.7. The van der Waals surface area contributed by atoms with Crippen molar-refractivity contribution < 1.29 is 4.74 Å². The molecule has 0 saturated carbocycles. The molecule has 1 atom stereocenters. The molecule has 2 heterocycles. The van der Waals surface area contributed by atoms with E-state index in [1.54, 1.807) is 6.20 Å². The van der Waals surface area contributed by atoms with Crippen molar-refractivity contribution in [3.63, 3.8) is 0 Å². The van der Waals surface area contributed by atoms with E-state index in [4.69, 9.17) is 10.00 Å². The van der Waals surface area contributed by atoms with Crippen molar-refractivity contribution in [2.24, 2.45) is 0 Å². The van der Waals surface area contributed by atoms with Gasteiger partial charge in [0.1, 0.15) is 17.6 Å². The van der Waals surface area contributed by atoms with Gasteiger partial charge in [0.15, 0.2) is 0 Å². The monoisotopic (exact) mass is 293 g/mol. The smallest absolute Gasteiger partial charge is 0.129 e. The molecule has 3 rings (SSSR count). The average Bonchev–Trinajstić information content (AvgIpc) is 3.05. The highest BCUT2D eigenvalue weighted by Crippen LogP contribution is 2.35. The molecule has 1 aliphatic heterocycles. The van der Waals surface area contributed by atoms with Gasteiger partial charge in [-0.25, -0.2) is 4.98 Å². The molecule has 1 fully saturated rings. The van der Waals surface area contributed by atoms with Crippen LogP contribution in [0, 0.1) is 11.3 Å². The maximum atomic E-state index is 8.88. The second kappa shape index (κ2) is 6.48. The highest BCUT2D eigenvalue weighted by atomic mass is 16.5. The summed E-state index contributed by atoms with van der Waals surface area (Å²) in [6.45, 7) is 3.67. The van der Waals surface area contributed by atoms with Crippen LogP contribution in [0.25, 0.3) is 0 Å². The van der Waals surface area contributed by atoms with Crippen LogP contribution in [0.1, 0.15) is 36.9 Å². The Morgan fingerprint density at radius 2 is 2.09 bits per heavy atom. The number of hydrogen-bond acceptors (Lipinski definition) is 4. The van der Waals surface area contributed by atoms with Gasteiger partial charge in [-0.15, -0.1) is 0 Å². The summed E-state index contributed by atoms with van der Waals surface area (Å²) in [5.74, 6) is 1.85. The summed E-state index contributed by atoms with van der Waals surface area (Å²) in [7, 11) is 0. The molecular weight excluding hydrogens is 274 g/mol. The molecular formula is C18H19N3O. The lowest BCUT2D eigenvalue weighted by Gasteiger charge is -2.26. The fraction of sp³-hybridized carbons (Fsp3) is 0.333. The molecule has 0 amide bonds. The van der Waals surface area contributed by atoms with Crippen LogP contribution in [-0.2, 0) is 0 Å². The molecule has 1 aliphatic rings. The normalized spacial score (nSPS) is 17.3. The lowest BCUT2D eigenvalue weighted by Crippen LogP contribution is -2.23. The number of benzene rings is 1. The van der Waals surface area contributed by atoms with E-state index in [-0.39, 0.29) is 0 Å². The zero-order chi connectivity index (χ0) is 15.4. The highest BCUT2D eigenvalue weighted by molar-refractivity contribution is 5.46. The van der Waals surface area contributed by atoms with E-state index in [0.29, 0.717) is 18.2 Å². The van der Waals surface area contributed by atoms with Gasteiger partial charge in [-0.1, -0.05) is 12.1 Å². The van der Waals surface area contributed by atoms with Crippen molar-refractivity contribution in [3.05, 3.63) is 53.7 Å². The summed E-state index contributed by atoms with van der Waals surface area (Å²) in [5.41, 5.74) is 1.88. The Bertz CT molecular complexity index is 658. The first-order chi connectivity index (χ1) is 10.8. The third kappa shape index (κ3) is 2.89. The molecule has 0 spiro atoms. The summed E-state index contributed by atoms with van der Waals surface area (Å²) in [6.07, 6.45) is 3.91. The Balaban J connectivity index is 1.81. The van der Waals surface area contributed by atoms with Gasteiger partial charge in [0.25, 0.3) is 0 Å². The Morgan fingerprint density at radius 3 is 2.73 bits per heavy atom. The van der Waals surface area contributed by atoms with E-state index in [1.807, 2.05) is 31.2 Å². The third-order valence-electron chi connectivity index (χ3n) is 4.00. The quantitative estimate of drug-likeness (QED) is 0.862. The maximum absolute atomic E-state index is 8.88. The minimum absolute atomic E-state index is 0.344. The second-order valence-electron chi connectivity index (χ2n) is 5.37. The number of pyridine rings is 1. The van der Waals surface area contributed by atoms with E-state index in [0.717, 1.165) is 31.0 Å². The maximum Gasteiger partial charge on any atom is 0.129 e. The molecule has 4 nitrogen and oxygen atoms in total. The number of aromatic nitrogens is 1. The summed E-state index contributed by atoms with van der Waals surface area (Å²) < 4.78 is 5.50. The molecule has 0 bridgehead atoms. The van der Waals surface area contributed by atoms with E-state index in [9.17, 15) is 0 Å². The minimum Gasteiger partial charge on any atom is -0.494 e. The van der Waals surface area contributed by atoms with Crippen LogP contribution in [0.15, 0.2) is 42.6 Å². The van der Waals surface area contributed by atoms with Crippen molar-refractivity contribution in [3.8, 4) is 11.8 Å². The van der Waals surface area contributed by atoms with Crippen LogP contribution in [0.5, 0.6) is 5.75 Å². The number of ether oxygens (including phenoxy) is 1. The lowest BCUT2D eigenvalue weighted by atomic mass is 10.0. The number of rotatable bonds is 4. The summed E-state index contributed by atoms with van der Waals surface area (Å²) in [5, 5.41) is 8.88. The topological polar surface area (TPSA) is 49.1 Å². The van der Waals surface area contributed by atoms with Crippen molar-refractivity contribution in [2.75, 3.05) is 18.1 Å². The van der Waals surface area contributed by atoms with Crippen LogP contribution in [0.3, 0.4) is 0 Å². The molecule has 0 aliphatic carbocycles. The molecule has 0 N–H and O–H groups in total. The Kier molecular flexibility index (Phi) is 4.24. The van der Waals surface area contributed by atoms with E-state index >= 15 is 0 Å². The van der Waals surface area contributed by atoms with Crippen LogP contribution in [0.4, 0.5) is 5.82 Å². The van der Waals surface area contributed by atoms with Crippen LogP contribution in [-0.4, -0.2) is 18.1 Å². The van der Waals surface area contributed by atoms with Crippen molar-refractivity contribution in [2.45, 2.75) is 25.8 Å². The molecule has 1 aromatic carbocycles. The Labute approximate surface area is 131 Å². The van der Waals surface area contributed by atoms with Crippen LogP contribution in [0.2, 0.25) is 0 Å². The third-order valence-corrected chi connectivity index (χ3v) is 4.00. The minimum atomic E-state index is 0.344. The SMILES string of the molecule is CCOc1ccc([C@@H]2CCCN2c2ccc(C#N)cn2)cc1. The highest BCUT2D eigenvalue weighted by Gasteiger charge is 2.26. The zero-order valence-electron chi connectivity index (χ0n) is 12.7. The van der Waals surface area contributed by atoms with Gasteiger partial charge >= 0.3 is 0 Å². The standard InChI is InChI=1S/C18H19N3O/c1-2-22-16-8-6-15(7-9-16)17-4-3-11-21(17)18-10-5-14(12-19)13-20-18/h5-10,13,17H,2-4,11H2,1H3/t17-/m0/s1. The molecule has 1 saturated heterocycles. The van der Waals surface area contributed by atoms with Crippen molar-refractivity contribution >= 4 is 5.82 Å². The van der Waals surface area contributed by atoms with Crippen molar-refractivity contribution in [1.82, 2.24) is 4.98 Å². The van der Waals surface area contributed by atoms with Gasteiger partial charge < -0.3 is 9.64 Å². The average molecular weight is 293 g/mol. The largest absolute Gasteiger partial charge is 0.494 e. The molecule has 0 unspecified atom stereocenters. The van der Waals surface area contributed by atoms with Gasteiger partial charge in [0.05, 0.1) is 18.2 Å². The fourth-order valence-corrected chi connectivity index (χ4v) is 2.96. The first kappa shape index (κ1) is 14.4. The van der Waals surface area contributed by atoms with E-state index in [1.165, 1.54) is 5.56 Å². The number of nitriles is 1. The second-order valence-corrected chi connectivity index (χ2v) is 5.37. The Hall–Kier alpha value is -2.54. The van der Waals surface area contributed by atoms with Gasteiger partial charge in [0, 0.05) is 12.7 Å². The predicted molar refractivity (Wildman–Crippen MR) is 85.9 cm³/mol. The molecule has 1 aromatic heterocycles. The molecule has 0 radical (unpaired) electrons. The fourth-order valence-electron chi connectivity index (χ4n) is 2.96. The molecule has 4 heteroatoms. The van der Waals surface area contributed by atoms with Gasteiger partial charge in [-0.05, 0) is 49.6 Å². The predicted octanol–water partition coefficient (Wildman–Crippen LogP) is 3.69. The number of hydrogen-bond donors (Lipinski definition) is 0. The summed E-state index contributed by atoms with van der Waals surface area (Å²) in [4.78, 5) is 6.75. The van der Waals surface area contributed by atoms with Gasteiger partial charge in [0.2, 0.25) is 0 Å². The summed E-state index contributed by atoms with van der Waals surface area (Å²) >= 11 is 0. The first-order valence-corrected chi connectivity index (χ1v) is 7.67. The first-order valence-electron chi connectivity index (χ1n) is 7.67. The lowest BCUT2D eigenvalue weighted by molar-refractivity contribution is 0.340. The molecule has 2 aromatic rings. The number of nitrogens with zero attached hydrogens (tertiary/aromatic N) is 3. The molecule has 22 heavy (non-hydrogen) atoms. The van der Waals surface area contributed by atoms with Crippen LogP contribution >= 0.6 is 0 Å².